The molecule has 3 aromatic heterocycles. The first-order valence-corrected chi connectivity index (χ1v) is 11.3. The van der Waals surface area contributed by atoms with Gasteiger partial charge in [-0.15, -0.1) is 0 Å². The highest BCUT2D eigenvalue weighted by Gasteiger charge is 2.42. The van der Waals surface area contributed by atoms with Crippen LogP contribution in [-0.2, 0) is 12.8 Å². The number of rotatable bonds is 6. The van der Waals surface area contributed by atoms with Crippen LogP contribution in [0.1, 0.15) is 35.8 Å². The number of nitrogens with two attached hydrogens (primary N) is 1. The van der Waals surface area contributed by atoms with Crippen LogP contribution in [0.2, 0.25) is 5.02 Å². The van der Waals surface area contributed by atoms with E-state index in [9.17, 15) is 10.2 Å². The number of aromatic nitrogens is 5. The number of nitrogen functional groups attached to an aromatic ring is 1. The molecule has 0 unspecified atom stereocenters. The van der Waals surface area contributed by atoms with Gasteiger partial charge >= 0.3 is 0 Å². The van der Waals surface area contributed by atoms with E-state index in [1.807, 2.05) is 53.5 Å². The van der Waals surface area contributed by atoms with Gasteiger partial charge in [-0.2, -0.15) is 0 Å². The van der Waals surface area contributed by atoms with E-state index >= 15 is 0 Å². The van der Waals surface area contributed by atoms with Crippen LogP contribution in [0.5, 0.6) is 0 Å². The van der Waals surface area contributed by atoms with E-state index in [1.165, 1.54) is 6.33 Å². The molecule has 1 saturated carbocycles. The van der Waals surface area contributed by atoms with Crippen molar-refractivity contribution in [3.05, 3.63) is 77.2 Å². The lowest BCUT2D eigenvalue weighted by Gasteiger charge is -2.19. The maximum Gasteiger partial charge on any atom is 0.145 e. The summed E-state index contributed by atoms with van der Waals surface area (Å²) in [5.74, 6) is 1.11. The number of aliphatic hydroxyl groups is 2. The third-order valence-electron chi connectivity index (χ3n) is 6.51. The lowest BCUT2D eigenvalue weighted by atomic mass is 9.97. The van der Waals surface area contributed by atoms with Gasteiger partial charge in [0.05, 0.1) is 17.5 Å². The number of aliphatic hydroxyl groups excluding tert-OH is 2. The van der Waals surface area contributed by atoms with Crippen LogP contribution in [-0.4, -0.2) is 46.9 Å². The Balaban J connectivity index is 1.22. The zero-order valence-corrected chi connectivity index (χ0v) is 18.7. The van der Waals surface area contributed by atoms with Gasteiger partial charge in [0.2, 0.25) is 0 Å². The molecule has 3 heterocycles. The molecule has 4 atom stereocenters. The second-order valence-corrected chi connectivity index (χ2v) is 9.05. The molecule has 4 aromatic rings. The Morgan fingerprint density at radius 1 is 0.970 bits per heavy atom. The molecule has 33 heavy (non-hydrogen) atoms. The third-order valence-corrected chi connectivity index (χ3v) is 6.76. The SMILES string of the molecule is Nc1ncnc2c1ccn2[C@@H]1C[C@H](CCc2cnc(Cc3ccc(Cl)cc3)nc2)[C@@H](O)[C@H]1O. The van der Waals surface area contributed by atoms with Crippen molar-refractivity contribution in [1.29, 1.82) is 0 Å². The normalized spacial score (nSPS) is 22.8. The summed E-state index contributed by atoms with van der Waals surface area (Å²) >= 11 is 5.94. The minimum atomic E-state index is -0.875. The Labute approximate surface area is 196 Å². The molecule has 0 amide bonds. The van der Waals surface area contributed by atoms with E-state index in [2.05, 4.69) is 19.9 Å². The highest BCUT2D eigenvalue weighted by Crippen LogP contribution is 2.39. The van der Waals surface area contributed by atoms with Gasteiger partial charge in [-0.3, -0.25) is 0 Å². The molecular weight excluding hydrogens is 440 g/mol. The Hall–Kier alpha value is -3.07. The number of hydrogen-bond donors (Lipinski definition) is 3. The first-order chi connectivity index (χ1) is 16.0. The molecule has 1 aliphatic rings. The minimum absolute atomic E-state index is 0.0459. The third kappa shape index (κ3) is 4.42. The van der Waals surface area contributed by atoms with Crippen LogP contribution < -0.4 is 5.73 Å². The van der Waals surface area contributed by atoms with Gasteiger partial charge in [0.15, 0.2) is 0 Å². The highest BCUT2D eigenvalue weighted by atomic mass is 35.5. The Morgan fingerprint density at radius 2 is 1.73 bits per heavy atom. The van der Waals surface area contributed by atoms with Crippen LogP contribution in [0.15, 0.2) is 55.2 Å². The summed E-state index contributed by atoms with van der Waals surface area (Å²) in [5, 5.41) is 22.9. The predicted octanol–water partition coefficient (Wildman–Crippen LogP) is 2.96. The van der Waals surface area contributed by atoms with Crippen molar-refractivity contribution in [2.75, 3.05) is 5.73 Å². The number of aryl methyl sites for hydroxylation is 1. The van der Waals surface area contributed by atoms with Crippen LogP contribution in [0, 0.1) is 5.92 Å². The largest absolute Gasteiger partial charge is 0.390 e. The van der Waals surface area contributed by atoms with Crippen molar-refractivity contribution in [3.63, 3.8) is 0 Å². The Kier molecular flexibility index (Phi) is 5.97. The van der Waals surface area contributed by atoms with Crippen molar-refractivity contribution in [3.8, 4) is 0 Å². The van der Waals surface area contributed by atoms with Crippen molar-refractivity contribution in [2.24, 2.45) is 5.92 Å². The van der Waals surface area contributed by atoms with Gasteiger partial charge in [0.25, 0.3) is 0 Å². The number of fused-ring (bicyclic) bond motifs is 1. The molecule has 0 aliphatic heterocycles. The average molecular weight is 465 g/mol. The maximum atomic E-state index is 10.7. The fourth-order valence-corrected chi connectivity index (χ4v) is 4.79. The molecular formula is C24H25ClN6O2. The number of hydrogen-bond acceptors (Lipinski definition) is 7. The van der Waals surface area contributed by atoms with Crippen molar-refractivity contribution in [1.82, 2.24) is 24.5 Å². The molecule has 8 nitrogen and oxygen atoms in total. The summed E-state index contributed by atoms with van der Waals surface area (Å²) in [5.41, 5.74) is 8.72. The summed E-state index contributed by atoms with van der Waals surface area (Å²) < 4.78 is 1.90. The lowest BCUT2D eigenvalue weighted by Crippen LogP contribution is -2.29. The zero-order chi connectivity index (χ0) is 22.9. The van der Waals surface area contributed by atoms with Crippen LogP contribution in [0.25, 0.3) is 11.0 Å². The second-order valence-electron chi connectivity index (χ2n) is 8.61. The van der Waals surface area contributed by atoms with Gasteiger partial charge in [-0.05, 0) is 54.5 Å². The predicted molar refractivity (Wildman–Crippen MR) is 126 cm³/mol. The van der Waals surface area contributed by atoms with Gasteiger partial charge in [0, 0.05) is 30.0 Å². The van der Waals surface area contributed by atoms with Gasteiger partial charge in [-0.25, -0.2) is 19.9 Å². The first-order valence-electron chi connectivity index (χ1n) is 11.0. The number of nitrogens with zero attached hydrogens (tertiary/aromatic N) is 5. The molecule has 4 N–H and O–H groups in total. The fourth-order valence-electron chi connectivity index (χ4n) is 4.66. The summed E-state index contributed by atoms with van der Waals surface area (Å²) in [4.78, 5) is 17.3. The zero-order valence-electron chi connectivity index (χ0n) is 17.9. The van der Waals surface area contributed by atoms with E-state index in [1.54, 1.807) is 0 Å². The molecule has 1 aliphatic carbocycles. The Morgan fingerprint density at radius 3 is 2.48 bits per heavy atom. The van der Waals surface area contributed by atoms with E-state index in [-0.39, 0.29) is 12.0 Å². The monoisotopic (exact) mass is 464 g/mol. The van der Waals surface area contributed by atoms with Gasteiger partial charge in [-0.1, -0.05) is 23.7 Å². The van der Waals surface area contributed by atoms with Crippen LogP contribution in [0.4, 0.5) is 5.82 Å². The van der Waals surface area contributed by atoms with Gasteiger partial charge < -0.3 is 20.5 Å². The molecule has 9 heteroatoms. The minimum Gasteiger partial charge on any atom is -0.390 e. The second kappa shape index (κ2) is 9.05. The van der Waals surface area contributed by atoms with E-state index in [4.69, 9.17) is 17.3 Å². The molecule has 5 rings (SSSR count). The standard InChI is InChI=1S/C24H25ClN6O2/c25-17-5-2-14(3-6-17)9-20-27-11-15(12-28-20)1-4-16-10-19(22(33)21(16)32)31-8-7-18-23(26)29-13-30-24(18)31/h2-3,5-8,11-13,16,19,21-22,32-33H,1,4,9-10H2,(H2,26,29,30)/t16-,19+,21+,22-/m0/s1. The summed E-state index contributed by atoms with van der Waals surface area (Å²) in [6.45, 7) is 0. The first kappa shape index (κ1) is 21.8. The fraction of sp³-hybridized carbons (Fsp3) is 0.333. The van der Waals surface area contributed by atoms with E-state index in [0.717, 1.165) is 35.2 Å². The van der Waals surface area contributed by atoms with Crippen molar-refractivity contribution < 1.29 is 10.2 Å². The molecule has 0 spiro atoms. The Bertz CT molecular complexity index is 1240. The number of halogens is 1. The smallest absolute Gasteiger partial charge is 0.145 e. The molecule has 0 saturated heterocycles. The van der Waals surface area contributed by atoms with Crippen molar-refractivity contribution in [2.45, 2.75) is 43.9 Å². The summed E-state index contributed by atoms with van der Waals surface area (Å²) in [6, 6.07) is 9.24. The summed E-state index contributed by atoms with van der Waals surface area (Å²) in [7, 11) is 0. The van der Waals surface area contributed by atoms with E-state index in [0.29, 0.717) is 29.3 Å². The number of anilines is 1. The molecule has 0 bridgehead atoms. The molecule has 170 valence electrons. The van der Waals surface area contributed by atoms with E-state index < -0.39 is 12.2 Å². The lowest BCUT2D eigenvalue weighted by molar-refractivity contribution is 0.00545. The van der Waals surface area contributed by atoms with Gasteiger partial charge in [0.1, 0.15) is 29.7 Å². The number of benzene rings is 1. The van der Waals surface area contributed by atoms with Crippen molar-refractivity contribution >= 4 is 28.5 Å². The van der Waals surface area contributed by atoms with Crippen LogP contribution in [0.3, 0.4) is 0 Å². The molecule has 0 radical (unpaired) electrons. The maximum absolute atomic E-state index is 10.7. The summed E-state index contributed by atoms with van der Waals surface area (Å²) in [6.07, 6.45) is 8.01. The quantitative estimate of drug-likeness (QED) is 0.400. The highest BCUT2D eigenvalue weighted by molar-refractivity contribution is 6.30. The topological polar surface area (TPSA) is 123 Å². The van der Waals surface area contributed by atoms with Crippen LogP contribution >= 0.6 is 11.6 Å². The molecule has 1 fully saturated rings. The average Bonchev–Trinajstić information content (AvgIpc) is 3.37. The molecule has 1 aromatic carbocycles.